The number of nitrogens with one attached hydrogen (secondary N) is 1. The Morgan fingerprint density at radius 2 is 2.05 bits per heavy atom. The van der Waals surface area contributed by atoms with E-state index in [-0.39, 0.29) is 4.90 Å². The van der Waals surface area contributed by atoms with Crippen molar-refractivity contribution >= 4 is 31.6 Å². The maximum atomic E-state index is 12.3. The highest BCUT2D eigenvalue weighted by Crippen LogP contribution is 2.23. The van der Waals surface area contributed by atoms with E-state index in [9.17, 15) is 8.42 Å². The van der Waals surface area contributed by atoms with Gasteiger partial charge in [0.1, 0.15) is 0 Å². The number of hydrogen-bond donors (Lipinski definition) is 2. The van der Waals surface area contributed by atoms with Crippen molar-refractivity contribution in [3.05, 3.63) is 22.7 Å². The number of halogens is 1. The van der Waals surface area contributed by atoms with Crippen LogP contribution in [0, 0.1) is 5.92 Å². The molecule has 118 valence electrons. The molecule has 1 aromatic carbocycles. The first-order chi connectivity index (χ1) is 9.92. The van der Waals surface area contributed by atoms with E-state index in [0.717, 1.165) is 32.5 Å². The number of rotatable bonds is 5. The highest BCUT2D eigenvalue weighted by molar-refractivity contribution is 9.10. The van der Waals surface area contributed by atoms with Crippen LogP contribution >= 0.6 is 15.9 Å². The van der Waals surface area contributed by atoms with E-state index in [1.165, 1.54) is 6.07 Å². The fourth-order valence-corrected chi connectivity index (χ4v) is 3.90. The number of likely N-dealkylation sites (tertiary alicyclic amines) is 1. The molecule has 0 spiro atoms. The third-order valence-electron chi connectivity index (χ3n) is 3.99. The summed E-state index contributed by atoms with van der Waals surface area (Å²) in [5, 5.41) is 0. The number of piperidine rings is 1. The SMILES string of the molecule is CCN1CCC(CNS(=O)(=O)c2ccc(Br)c(N)c2)CC1. The molecule has 3 N–H and O–H groups in total. The van der Waals surface area contributed by atoms with Crippen LogP contribution in [-0.2, 0) is 10.0 Å². The van der Waals surface area contributed by atoms with Crippen molar-refractivity contribution < 1.29 is 8.42 Å². The molecule has 0 aromatic heterocycles. The Balaban J connectivity index is 1.94. The van der Waals surface area contributed by atoms with Crippen molar-refractivity contribution in [3.63, 3.8) is 0 Å². The summed E-state index contributed by atoms with van der Waals surface area (Å²) in [4.78, 5) is 2.61. The molecule has 0 amide bonds. The summed E-state index contributed by atoms with van der Waals surface area (Å²) in [6.45, 7) is 5.82. The number of hydrogen-bond acceptors (Lipinski definition) is 4. The Bertz CT molecular complexity index is 584. The Labute approximate surface area is 135 Å². The molecule has 0 aliphatic carbocycles. The van der Waals surface area contributed by atoms with Gasteiger partial charge in [0.2, 0.25) is 10.0 Å². The Kier molecular flexibility index (Phi) is 5.65. The van der Waals surface area contributed by atoms with Gasteiger partial charge in [0.15, 0.2) is 0 Å². The average Bonchev–Trinajstić information content (AvgIpc) is 2.48. The van der Waals surface area contributed by atoms with Gasteiger partial charge in [-0.1, -0.05) is 6.92 Å². The smallest absolute Gasteiger partial charge is 0.240 e. The van der Waals surface area contributed by atoms with E-state index in [2.05, 4.69) is 32.5 Å². The zero-order valence-electron chi connectivity index (χ0n) is 12.2. The van der Waals surface area contributed by atoms with Gasteiger partial charge in [-0.3, -0.25) is 0 Å². The van der Waals surface area contributed by atoms with E-state index in [1.54, 1.807) is 12.1 Å². The molecule has 7 heteroatoms. The second kappa shape index (κ2) is 7.09. The van der Waals surface area contributed by atoms with Crippen LogP contribution in [0.15, 0.2) is 27.6 Å². The van der Waals surface area contributed by atoms with Crippen molar-refractivity contribution in [3.8, 4) is 0 Å². The number of benzene rings is 1. The quantitative estimate of drug-likeness (QED) is 0.772. The molecule has 21 heavy (non-hydrogen) atoms. The Morgan fingerprint density at radius 1 is 1.38 bits per heavy atom. The molecule has 1 aromatic rings. The topological polar surface area (TPSA) is 75.4 Å². The van der Waals surface area contributed by atoms with Gasteiger partial charge in [0, 0.05) is 16.7 Å². The van der Waals surface area contributed by atoms with Crippen LogP contribution in [0.5, 0.6) is 0 Å². The van der Waals surface area contributed by atoms with E-state index < -0.39 is 10.0 Å². The van der Waals surface area contributed by atoms with E-state index in [4.69, 9.17) is 5.73 Å². The monoisotopic (exact) mass is 375 g/mol. The summed E-state index contributed by atoms with van der Waals surface area (Å²) in [5.74, 6) is 0.412. The number of nitrogens with two attached hydrogens (primary N) is 1. The molecular formula is C14H22BrN3O2S. The Hall–Kier alpha value is -0.630. The largest absolute Gasteiger partial charge is 0.398 e. The van der Waals surface area contributed by atoms with Gasteiger partial charge in [-0.2, -0.15) is 0 Å². The maximum absolute atomic E-state index is 12.3. The van der Waals surface area contributed by atoms with Crippen LogP contribution in [-0.4, -0.2) is 39.5 Å². The minimum Gasteiger partial charge on any atom is -0.398 e. The highest BCUT2D eigenvalue weighted by Gasteiger charge is 2.21. The maximum Gasteiger partial charge on any atom is 0.240 e. The van der Waals surface area contributed by atoms with Crippen molar-refractivity contribution in [2.45, 2.75) is 24.7 Å². The molecule has 1 fully saturated rings. The van der Waals surface area contributed by atoms with Crippen LogP contribution < -0.4 is 10.5 Å². The minimum atomic E-state index is -3.48. The van der Waals surface area contributed by atoms with Gasteiger partial charge in [0.25, 0.3) is 0 Å². The van der Waals surface area contributed by atoms with Gasteiger partial charge >= 0.3 is 0 Å². The van der Waals surface area contributed by atoms with Gasteiger partial charge in [-0.05, 0) is 72.5 Å². The molecule has 1 heterocycles. The summed E-state index contributed by atoms with van der Waals surface area (Å²) in [6, 6.07) is 4.69. The zero-order chi connectivity index (χ0) is 15.5. The molecule has 0 unspecified atom stereocenters. The van der Waals surface area contributed by atoms with Crippen LogP contribution in [0.25, 0.3) is 0 Å². The molecule has 2 rings (SSSR count). The molecule has 1 aliphatic heterocycles. The predicted octanol–water partition coefficient (Wildman–Crippen LogP) is 2.04. The average molecular weight is 376 g/mol. The van der Waals surface area contributed by atoms with Crippen LogP contribution in [0.2, 0.25) is 0 Å². The molecule has 5 nitrogen and oxygen atoms in total. The lowest BCUT2D eigenvalue weighted by Crippen LogP contribution is -2.38. The summed E-state index contributed by atoms with van der Waals surface area (Å²) >= 11 is 3.27. The van der Waals surface area contributed by atoms with Crippen molar-refractivity contribution in [1.29, 1.82) is 0 Å². The number of anilines is 1. The number of sulfonamides is 1. The third kappa shape index (κ3) is 4.42. The lowest BCUT2D eigenvalue weighted by molar-refractivity contribution is 0.194. The summed E-state index contributed by atoms with van der Waals surface area (Å²) in [6.07, 6.45) is 2.08. The third-order valence-corrected chi connectivity index (χ3v) is 6.14. The lowest BCUT2D eigenvalue weighted by Gasteiger charge is -2.30. The molecule has 0 radical (unpaired) electrons. The first-order valence-electron chi connectivity index (χ1n) is 7.19. The second-order valence-electron chi connectivity index (χ2n) is 5.41. The fourth-order valence-electron chi connectivity index (χ4n) is 2.51. The first-order valence-corrected chi connectivity index (χ1v) is 9.47. The molecular weight excluding hydrogens is 354 g/mol. The van der Waals surface area contributed by atoms with Crippen molar-refractivity contribution in [2.75, 3.05) is 31.9 Å². The van der Waals surface area contributed by atoms with Gasteiger partial charge < -0.3 is 10.6 Å². The zero-order valence-corrected chi connectivity index (χ0v) is 14.6. The minimum absolute atomic E-state index is 0.217. The first kappa shape index (κ1) is 16.7. The Morgan fingerprint density at radius 3 is 2.62 bits per heavy atom. The standard InChI is InChI=1S/C14H22BrN3O2S/c1-2-18-7-5-11(6-8-18)10-17-21(19,20)12-3-4-13(15)14(16)9-12/h3-4,9,11,17H,2,5-8,10,16H2,1H3. The predicted molar refractivity (Wildman–Crippen MR) is 88.6 cm³/mol. The van der Waals surface area contributed by atoms with Gasteiger partial charge in [-0.25, -0.2) is 13.1 Å². The van der Waals surface area contributed by atoms with Crippen molar-refractivity contribution in [1.82, 2.24) is 9.62 Å². The normalized spacial score (nSPS) is 18.0. The molecule has 0 saturated carbocycles. The highest BCUT2D eigenvalue weighted by atomic mass is 79.9. The van der Waals surface area contributed by atoms with E-state index >= 15 is 0 Å². The number of nitrogen functional groups attached to an aromatic ring is 1. The van der Waals surface area contributed by atoms with Crippen molar-refractivity contribution in [2.24, 2.45) is 5.92 Å². The molecule has 1 aliphatic rings. The summed E-state index contributed by atoms with van der Waals surface area (Å²) in [5.41, 5.74) is 6.17. The second-order valence-corrected chi connectivity index (χ2v) is 8.03. The fraction of sp³-hybridized carbons (Fsp3) is 0.571. The van der Waals surface area contributed by atoms with Gasteiger partial charge in [-0.15, -0.1) is 0 Å². The summed E-state index contributed by atoms with van der Waals surface area (Å²) in [7, 11) is -3.48. The number of nitrogens with zero attached hydrogens (tertiary/aromatic N) is 1. The molecule has 0 bridgehead atoms. The summed E-state index contributed by atoms with van der Waals surface area (Å²) < 4.78 is 27.9. The van der Waals surface area contributed by atoms with E-state index in [1.807, 2.05) is 0 Å². The van der Waals surface area contributed by atoms with E-state index in [0.29, 0.717) is 22.6 Å². The molecule has 1 saturated heterocycles. The van der Waals surface area contributed by atoms with Gasteiger partial charge in [0.05, 0.1) is 4.90 Å². The van der Waals surface area contributed by atoms with Crippen LogP contribution in [0.3, 0.4) is 0 Å². The van der Waals surface area contributed by atoms with Crippen LogP contribution in [0.4, 0.5) is 5.69 Å². The lowest BCUT2D eigenvalue weighted by atomic mass is 9.97. The van der Waals surface area contributed by atoms with Crippen LogP contribution in [0.1, 0.15) is 19.8 Å². The molecule has 0 atom stereocenters.